The Hall–Kier alpha value is -1.85. The first kappa shape index (κ1) is 13.6. The van der Waals surface area contributed by atoms with E-state index in [9.17, 15) is 5.11 Å². The van der Waals surface area contributed by atoms with E-state index in [0.717, 1.165) is 5.56 Å². The van der Waals surface area contributed by atoms with Crippen molar-refractivity contribution < 1.29 is 5.11 Å². The smallest absolute Gasteiger partial charge is 0.224 e. The van der Waals surface area contributed by atoms with E-state index < -0.39 is 0 Å². The first-order chi connectivity index (χ1) is 9.19. The number of hydrogen-bond acceptors (Lipinski definition) is 5. The highest BCUT2D eigenvalue weighted by molar-refractivity contribution is 6.28. The maximum absolute atomic E-state index is 9.43. The third-order valence-corrected chi connectivity index (χ3v) is 2.86. The summed E-state index contributed by atoms with van der Waals surface area (Å²) in [6.07, 6.45) is 2.10. The van der Waals surface area contributed by atoms with Gasteiger partial charge in [-0.1, -0.05) is 30.3 Å². The van der Waals surface area contributed by atoms with Crippen LogP contribution < -0.4 is 11.1 Å². The van der Waals surface area contributed by atoms with Crippen molar-refractivity contribution >= 4 is 23.1 Å². The number of nitrogens with zero attached hydrogens (tertiary/aromatic N) is 2. The number of aliphatic hydroxyl groups excluding tert-OH is 1. The molecule has 19 heavy (non-hydrogen) atoms. The van der Waals surface area contributed by atoms with Gasteiger partial charge in [0.05, 0.1) is 24.5 Å². The number of nitrogens with two attached hydrogens (primary N) is 1. The van der Waals surface area contributed by atoms with Crippen LogP contribution in [0.1, 0.15) is 5.56 Å². The van der Waals surface area contributed by atoms with Crippen molar-refractivity contribution in [3.63, 3.8) is 0 Å². The van der Waals surface area contributed by atoms with Crippen LogP contribution in [0.25, 0.3) is 0 Å². The quantitative estimate of drug-likeness (QED) is 0.726. The minimum atomic E-state index is -0.185. The summed E-state index contributed by atoms with van der Waals surface area (Å²) in [5.41, 5.74) is 7.28. The Balaban J connectivity index is 2.09. The van der Waals surface area contributed by atoms with Gasteiger partial charge in [0.1, 0.15) is 0 Å². The van der Waals surface area contributed by atoms with Gasteiger partial charge in [-0.2, -0.15) is 4.98 Å². The summed E-state index contributed by atoms with van der Waals surface area (Å²) in [4.78, 5) is 7.79. The number of benzene rings is 1. The van der Waals surface area contributed by atoms with E-state index in [2.05, 4.69) is 15.3 Å². The molecule has 0 amide bonds. The molecule has 2 rings (SSSR count). The molecule has 1 atom stereocenters. The molecule has 5 nitrogen and oxygen atoms in total. The molecule has 1 aromatic carbocycles. The Labute approximate surface area is 116 Å². The van der Waals surface area contributed by atoms with E-state index in [-0.39, 0.29) is 17.9 Å². The molecular formula is C13H15ClN4O. The molecule has 100 valence electrons. The Bertz CT molecular complexity index is 535. The van der Waals surface area contributed by atoms with Crippen LogP contribution in [0.5, 0.6) is 0 Å². The van der Waals surface area contributed by atoms with Crippen LogP contribution in [-0.2, 0) is 6.42 Å². The van der Waals surface area contributed by atoms with Gasteiger partial charge in [-0.15, -0.1) is 0 Å². The Kier molecular flexibility index (Phi) is 4.54. The first-order valence-electron chi connectivity index (χ1n) is 5.88. The predicted molar refractivity (Wildman–Crippen MR) is 76.1 cm³/mol. The third kappa shape index (κ3) is 3.81. The topological polar surface area (TPSA) is 84.1 Å². The molecule has 0 fully saturated rings. The molecule has 0 spiro atoms. The number of aromatic nitrogens is 2. The van der Waals surface area contributed by atoms with Crippen molar-refractivity contribution in [2.75, 3.05) is 17.7 Å². The first-order valence-corrected chi connectivity index (χ1v) is 6.26. The third-order valence-electron chi connectivity index (χ3n) is 2.67. The van der Waals surface area contributed by atoms with Crippen molar-refractivity contribution in [1.29, 1.82) is 0 Å². The summed E-state index contributed by atoms with van der Waals surface area (Å²) in [5.74, 6) is 0.440. The van der Waals surface area contributed by atoms with Gasteiger partial charge in [0.25, 0.3) is 0 Å². The molecule has 0 aliphatic heterocycles. The Morgan fingerprint density at radius 1 is 1.32 bits per heavy atom. The normalized spacial score (nSPS) is 12.1. The van der Waals surface area contributed by atoms with Gasteiger partial charge >= 0.3 is 0 Å². The number of nitrogens with one attached hydrogen (secondary N) is 1. The molecule has 0 aliphatic carbocycles. The summed E-state index contributed by atoms with van der Waals surface area (Å²) < 4.78 is 0. The van der Waals surface area contributed by atoms with Crippen molar-refractivity contribution in [2.45, 2.75) is 12.5 Å². The summed E-state index contributed by atoms with van der Waals surface area (Å²) >= 11 is 5.72. The second kappa shape index (κ2) is 6.36. The predicted octanol–water partition coefficient (Wildman–Crippen LogP) is 1.73. The largest absolute Gasteiger partial charge is 0.394 e. The van der Waals surface area contributed by atoms with Gasteiger partial charge in [-0.05, 0) is 23.6 Å². The number of nitrogen functional groups attached to an aromatic ring is 1. The molecule has 1 aromatic heterocycles. The summed E-state index contributed by atoms with van der Waals surface area (Å²) in [6.45, 7) is -0.0318. The Morgan fingerprint density at radius 3 is 2.74 bits per heavy atom. The van der Waals surface area contributed by atoms with Gasteiger partial charge < -0.3 is 16.2 Å². The zero-order chi connectivity index (χ0) is 13.7. The second-order valence-corrected chi connectivity index (χ2v) is 4.49. The van der Waals surface area contributed by atoms with Gasteiger partial charge in [0, 0.05) is 0 Å². The van der Waals surface area contributed by atoms with Crippen LogP contribution in [-0.4, -0.2) is 27.7 Å². The van der Waals surface area contributed by atoms with Crippen LogP contribution >= 0.6 is 11.6 Å². The van der Waals surface area contributed by atoms with E-state index in [4.69, 9.17) is 17.3 Å². The maximum atomic E-state index is 9.43. The monoisotopic (exact) mass is 278 g/mol. The van der Waals surface area contributed by atoms with E-state index in [1.165, 1.54) is 6.20 Å². The highest BCUT2D eigenvalue weighted by Crippen LogP contribution is 2.17. The van der Waals surface area contributed by atoms with Crippen molar-refractivity contribution in [3.8, 4) is 0 Å². The molecule has 1 heterocycles. The van der Waals surface area contributed by atoms with Gasteiger partial charge in [-0.3, -0.25) is 0 Å². The van der Waals surface area contributed by atoms with E-state index in [1.54, 1.807) is 0 Å². The molecule has 0 saturated heterocycles. The SMILES string of the molecule is Nc1cnc(Cl)nc1NC(CO)Cc1ccccc1. The zero-order valence-electron chi connectivity index (χ0n) is 10.3. The average molecular weight is 279 g/mol. The summed E-state index contributed by atoms with van der Waals surface area (Å²) in [6, 6.07) is 9.68. The number of anilines is 2. The zero-order valence-corrected chi connectivity index (χ0v) is 11.0. The lowest BCUT2D eigenvalue weighted by molar-refractivity contribution is 0.273. The standard InChI is InChI=1S/C13H15ClN4O/c14-13-16-7-11(15)12(18-13)17-10(8-19)6-9-4-2-1-3-5-9/h1-5,7,10,19H,6,8,15H2,(H,16,17,18). The van der Waals surface area contributed by atoms with Gasteiger partial charge in [0.15, 0.2) is 5.82 Å². The van der Waals surface area contributed by atoms with Crippen LogP contribution in [0, 0.1) is 0 Å². The molecule has 0 aliphatic rings. The average Bonchev–Trinajstić information content (AvgIpc) is 2.43. The lowest BCUT2D eigenvalue weighted by Crippen LogP contribution is -2.27. The van der Waals surface area contributed by atoms with Crippen LogP contribution in [0.15, 0.2) is 36.5 Å². The fourth-order valence-corrected chi connectivity index (χ4v) is 1.87. The molecule has 0 bridgehead atoms. The van der Waals surface area contributed by atoms with Crippen molar-refractivity contribution in [3.05, 3.63) is 47.4 Å². The number of aliphatic hydroxyl groups is 1. The molecule has 6 heteroatoms. The summed E-state index contributed by atoms with van der Waals surface area (Å²) in [7, 11) is 0. The van der Waals surface area contributed by atoms with E-state index in [1.807, 2.05) is 30.3 Å². The van der Waals surface area contributed by atoms with Crippen molar-refractivity contribution in [2.24, 2.45) is 0 Å². The number of hydrogen-bond donors (Lipinski definition) is 3. The second-order valence-electron chi connectivity index (χ2n) is 4.16. The fraction of sp³-hybridized carbons (Fsp3) is 0.231. The lowest BCUT2D eigenvalue weighted by atomic mass is 10.1. The number of halogens is 1. The minimum Gasteiger partial charge on any atom is -0.394 e. The molecule has 2 aromatic rings. The summed E-state index contributed by atoms with van der Waals surface area (Å²) in [5, 5.41) is 12.6. The number of rotatable bonds is 5. The molecule has 0 saturated carbocycles. The van der Waals surface area contributed by atoms with Crippen molar-refractivity contribution in [1.82, 2.24) is 9.97 Å². The molecular weight excluding hydrogens is 264 g/mol. The van der Waals surface area contributed by atoms with E-state index in [0.29, 0.717) is 17.9 Å². The molecule has 1 unspecified atom stereocenters. The lowest BCUT2D eigenvalue weighted by Gasteiger charge is -2.18. The van der Waals surface area contributed by atoms with Crippen LogP contribution in [0.4, 0.5) is 11.5 Å². The van der Waals surface area contributed by atoms with Gasteiger partial charge in [0.2, 0.25) is 5.28 Å². The van der Waals surface area contributed by atoms with Crippen LogP contribution in [0.3, 0.4) is 0 Å². The van der Waals surface area contributed by atoms with Crippen LogP contribution in [0.2, 0.25) is 5.28 Å². The maximum Gasteiger partial charge on any atom is 0.224 e. The highest BCUT2D eigenvalue weighted by Gasteiger charge is 2.11. The Morgan fingerprint density at radius 2 is 2.05 bits per heavy atom. The van der Waals surface area contributed by atoms with Gasteiger partial charge in [-0.25, -0.2) is 4.98 Å². The fourth-order valence-electron chi connectivity index (χ4n) is 1.74. The molecule has 0 radical (unpaired) electrons. The minimum absolute atomic E-state index is 0.0318. The van der Waals surface area contributed by atoms with E-state index >= 15 is 0 Å². The highest BCUT2D eigenvalue weighted by atomic mass is 35.5. The molecule has 4 N–H and O–H groups in total.